The van der Waals surface area contributed by atoms with Crippen LogP contribution in [0.15, 0.2) is 0 Å². The van der Waals surface area contributed by atoms with Crippen molar-refractivity contribution in [3.63, 3.8) is 0 Å². The Labute approximate surface area is 224 Å². The van der Waals surface area contributed by atoms with Gasteiger partial charge in [0.25, 0.3) is 0 Å². The zero-order chi connectivity index (χ0) is 25.5. The number of nitrogens with zero attached hydrogens (tertiary/aromatic N) is 1. The highest BCUT2D eigenvalue weighted by Gasteiger charge is 2.49. The second-order valence-corrected chi connectivity index (χ2v) is 17.4. The Kier molecular flexibility index (Phi) is 12.2. The van der Waals surface area contributed by atoms with Crippen LogP contribution in [0.2, 0.25) is 0 Å². The molecule has 0 radical (unpaired) electrons. The third-order valence-corrected chi connectivity index (χ3v) is 17.6. The molecule has 0 amide bonds. The molecule has 0 aromatic rings. The highest BCUT2D eigenvalue weighted by Crippen LogP contribution is 2.70. The predicted molar refractivity (Wildman–Crippen MR) is 154 cm³/mol. The Hall–Kier alpha value is 0.660. The van der Waals surface area contributed by atoms with Gasteiger partial charge >= 0.3 is 0 Å². The smallest absolute Gasteiger partial charge is 0.0650 e. The first-order valence-electron chi connectivity index (χ1n) is 15.1. The molecule has 0 N–H and O–H groups in total. The fraction of sp³-hybridized carbons (Fsp3) is 1.00. The van der Waals surface area contributed by atoms with Crippen LogP contribution in [-0.2, 0) is 18.9 Å². The summed E-state index contributed by atoms with van der Waals surface area (Å²) in [5.74, 6) is 0. The first-order valence-corrected chi connectivity index (χ1v) is 17.9. The fourth-order valence-electron chi connectivity index (χ4n) is 8.09. The molecule has 4 saturated carbocycles. The molecule has 0 aliphatic heterocycles. The Balaban J connectivity index is 1.74. The maximum Gasteiger partial charge on any atom is 0.0650 e. The molecule has 7 heteroatoms. The SMILES string of the molecule is COC1CCCCC1P(C1CCCCC1OC)N(C)P(C1CCCCC1OC)C1CCCCC1OC. The van der Waals surface area contributed by atoms with E-state index in [4.69, 9.17) is 18.9 Å². The van der Waals surface area contributed by atoms with Crippen molar-refractivity contribution in [2.24, 2.45) is 0 Å². The molecule has 36 heavy (non-hydrogen) atoms. The first kappa shape index (κ1) is 29.6. The van der Waals surface area contributed by atoms with Crippen LogP contribution in [0.25, 0.3) is 0 Å². The molecule has 0 saturated heterocycles. The van der Waals surface area contributed by atoms with Crippen LogP contribution in [0.5, 0.6) is 0 Å². The molecule has 5 nitrogen and oxygen atoms in total. The molecular formula is C29H55NO4P2. The maximum atomic E-state index is 6.26. The van der Waals surface area contributed by atoms with Gasteiger partial charge in [-0.2, -0.15) is 0 Å². The number of rotatable bonds is 10. The van der Waals surface area contributed by atoms with Crippen molar-refractivity contribution in [1.82, 2.24) is 4.44 Å². The molecule has 0 aromatic heterocycles. The minimum atomic E-state index is -0.385. The number of hydrogen-bond acceptors (Lipinski definition) is 5. The van der Waals surface area contributed by atoms with Crippen LogP contribution in [0.4, 0.5) is 0 Å². The summed E-state index contributed by atoms with van der Waals surface area (Å²) in [5, 5.41) is 0. The molecule has 0 bridgehead atoms. The highest BCUT2D eigenvalue weighted by atomic mass is 31.2. The van der Waals surface area contributed by atoms with Crippen molar-refractivity contribution in [1.29, 1.82) is 0 Å². The van der Waals surface area contributed by atoms with E-state index in [9.17, 15) is 0 Å². The molecule has 210 valence electrons. The lowest BCUT2D eigenvalue weighted by molar-refractivity contribution is 0.0615. The minimum absolute atomic E-state index is 0.385. The van der Waals surface area contributed by atoms with E-state index in [1.807, 2.05) is 28.4 Å². The molecule has 4 aliphatic carbocycles. The maximum absolute atomic E-state index is 6.26. The minimum Gasteiger partial charge on any atom is -0.381 e. The lowest BCUT2D eigenvalue weighted by Crippen LogP contribution is -2.46. The summed E-state index contributed by atoms with van der Waals surface area (Å²) in [6.45, 7) is 0. The zero-order valence-corrected chi connectivity index (χ0v) is 25.7. The van der Waals surface area contributed by atoms with Crippen molar-refractivity contribution in [2.75, 3.05) is 35.5 Å². The second kappa shape index (κ2) is 14.9. The van der Waals surface area contributed by atoms with E-state index in [1.165, 1.54) is 103 Å². The predicted octanol–water partition coefficient (Wildman–Crippen LogP) is 7.54. The summed E-state index contributed by atoms with van der Waals surface area (Å²) in [7, 11) is 9.66. The Morgan fingerprint density at radius 1 is 0.417 bits per heavy atom. The van der Waals surface area contributed by atoms with Gasteiger partial charge in [-0.1, -0.05) is 51.4 Å². The van der Waals surface area contributed by atoms with Gasteiger partial charge in [0.05, 0.1) is 24.4 Å². The molecule has 8 atom stereocenters. The zero-order valence-electron chi connectivity index (χ0n) is 23.9. The Bertz CT molecular complexity index is 542. The van der Waals surface area contributed by atoms with Crippen LogP contribution >= 0.6 is 16.1 Å². The van der Waals surface area contributed by atoms with Gasteiger partial charge in [0, 0.05) is 51.1 Å². The van der Waals surface area contributed by atoms with E-state index >= 15 is 0 Å². The van der Waals surface area contributed by atoms with Crippen LogP contribution < -0.4 is 0 Å². The van der Waals surface area contributed by atoms with Gasteiger partial charge < -0.3 is 18.9 Å². The van der Waals surface area contributed by atoms with Crippen molar-refractivity contribution >= 4 is 16.1 Å². The lowest BCUT2D eigenvalue weighted by atomic mass is 9.96. The average molecular weight is 544 g/mol. The van der Waals surface area contributed by atoms with Crippen molar-refractivity contribution in [3.8, 4) is 0 Å². The van der Waals surface area contributed by atoms with Crippen molar-refractivity contribution < 1.29 is 18.9 Å². The quantitative estimate of drug-likeness (QED) is 0.266. The molecule has 4 rings (SSSR count). The summed E-state index contributed by atoms with van der Waals surface area (Å²) >= 11 is 0. The average Bonchev–Trinajstić information content (AvgIpc) is 2.94. The van der Waals surface area contributed by atoms with E-state index in [-0.39, 0.29) is 16.1 Å². The molecule has 8 unspecified atom stereocenters. The van der Waals surface area contributed by atoms with Crippen molar-refractivity contribution in [3.05, 3.63) is 0 Å². The molecule has 4 aliphatic rings. The van der Waals surface area contributed by atoms with Crippen LogP contribution in [0.3, 0.4) is 0 Å². The number of ether oxygens (including phenoxy) is 4. The molecule has 4 fully saturated rings. The third kappa shape index (κ3) is 6.68. The molecule has 0 heterocycles. The molecular weight excluding hydrogens is 488 g/mol. The van der Waals surface area contributed by atoms with Crippen LogP contribution in [-0.4, -0.2) is 87.0 Å². The van der Waals surface area contributed by atoms with Crippen molar-refractivity contribution in [2.45, 2.75) is 150 Å². The normalized spacial score (nSPS) is 40.2. The van der Waals surface area contributed by atoms with E-state index in [0.29, 0.717) is 47.1 Å². The van der Waals surface area contributed by atoms with E-state index in [2.05, 4.69) is 11.5 Å². The Morgan fingerprint density at radius 2 is 0.639 bits per heavy atom. The van der Waals surface area contributed by atoms with Gasteiger partial charge in [-0.3, -0.25) is 4.44 Å². The third-order valence-electron chi connectivity index (χ3n) is 9.91. The van der Waals surface area contributed by atoms with Gasteiger partial charge in [0.2, 0.25) is 0 Å². The van der Waals surface area contributed by atoms with Gasteiger partial charge in [-0.25, -0.2) is 0 Å². The topological polar surface area (TPSA) is 40.2 Å². The standard InChI is InChI=1S/C29H55NO4P2/c1-30(35(26-18-10-6-14-22(26)31-2)27-19-11-7-15-23(27)32-3)36(28-20-12-8-16-24(28)33-4)29-21-13-9-17-25(29)34-5/h22-29H,6-21H2,1-5H3. The Morgan fingerprint density at radius 3 is 0.861 bits per heavy atom. The first-order chi connectivity index (χ1) is 17.6. The summed E-state index contributed by atoms with van der Waals surface area (Å²) in [5.41, 5.74) is 2.62. The van der Waals surface area contributed by atoms with Crippen LogP contribution in [0, 0.1) is 0 Å². The van der Waals surface area contributed by atoms with E-state index in [1.54, 1.807) is 0 Å². The van der Waals surface area contributed by atoms with E-state index < -0.39 is 0 Å². The van der Waals surface area contributed by atoms with Crippen LogP contribution in [0.1, 0.15) is 103 Å². The highest BCUT2D eigenvalue weighted by molar-refractivity contribution is 7.71. The second-order valence-electron chi connectivity index (χ2n) is 11.8. The van der Waals surface area contributed by atoms with E-state index in [0.717, 1.165) is 0 Å². The number of methoxy groups -OCH3 is 4. The largest absolute Gasteiger partial charge is 0.381 e. The van der Waals surface area contributed by atoms with Gasteiger partial charge in [-0.05, 0) is 74.6 Å². The van der Waals surface area contributed by atoms with Gasteiger partial charge in [-0.15, -0.1) is 0 Å². The number of hydrogen-bond donors (Lipinski definition) is 0. The lowest BCUT2D eigenvalue weighted by Gasteiger charge is -2.54. The van der Waals surface area contributed by atoms with Gasteiger partial charge in [0.1, 0.15) is 0 Å². The van der Waals surface area contributed by atoms with Gasteiger partial charge in [0.15, 0.2) is 0 Å². The summed E-state index contributed by atoms with van der Waals surface area (Å²) in [4.78, 5) is 0. The summed E-state index contributed by atoms with van der Waals surface area (Å²) < 4.78 is 28.1. The molecule has 0 aromatic carbocycles. The fourth-order valence-corrected chi connectivity index (χ4v) is 17.6. The summed E-state index contributed by atoms with van der Waals surface area (Å²) in [6, 6.07) is 0. The molecule has 0 spiro atoms. The summed E-state index contributed by atoms with van der Waals surface area (Å²) in [6.07, 6.45) is 22.5. The monoisotopic (exact) mass is 543 g/mol.